The number of rotatable bonds is 2. The molecule has 0 atom stereocenters. The van der Waals surface area contributed by atoms with Crippen LogP contribution in [0.5, 0.6) is 0 Å². The van der Waals surface area contributed by atoms with Crippen LogP contribution < -0.4 is 0 Å². The number of H-pyrrole nitrogens is 1. The molecule has 1 heterocycles. The van der Waals surface area contributed by atoms with Crippen LogP contribution >= 0.6 is 0 Å². The number of nitrogens with zero attached hydrogens (tertiary/aromatic N) is 1. The minimum absolute atomic E-state index is 0.0230. The molecule has 2 N–H and O–H groups in total. The first kappa shape index (κ1) is 10.0. The van der Waals surface area contributed by atoms with E-state index in [1.54, 1.807) is 5.10 Å². The van der Waals surface area contributed by atoms with Crippen LogP contribution in [0.1, 0.15) is 40.5 Å². The molecule has 0 unspecified atom stereocenters. The van der Waals surface area contributed by atoms with Crippen molar-refractivity contribution in [1.29, 1.82) is 0 Å². The molecule has 1 fully saturated rings. The van der Waals surface area contributed by atoms with E-state index in [9.17, 15) is 18.0 Å². The van der Waals surface area contributed by atoms with Crippen LogP contribution in [0.3, 0.4) is 0 Å². The molecule has 0 spiro atoms. The fraction of sp³-hybridized carbons (Fsp3) is 0.500. The molecule has 7 heteroatoms. The minimum atomic E-state index is -4.70. The molecule has 82 valence electrons. The maximum Gasteiger partial charge on any atom is 0.433 e. The molecule has 0 aliphatic heterocycles. The van der Waals surface area contributed by atoms with Gasteiger partial charge in [0.15, 0.2) is 5.69 Å². The van der Waals surface area contributed by atoms with Crippen LogP contribution in [-0.4, -0.2) is 21.3 Å². The van der Waals surface area contributed by atoms with Crippen molar-refractivity contribution in [3.63, 3.8) is 0 Å². The van der Waals surface area contributed by atoms with Crippen LogP contribution in [0.2, 0.25) is 0 Å². The fourth-order valence-corrected chi connectivity index (χ4v) is 1.43. The van der Waals surface area contributed by atoms with Crippen LogP contribution in [0.25, 0.3) is 0 Å². The van der Waals surface area contributed by atoms with Crippen molar-refractivity contribution in [1.82, 2.24) is 10.2 Å². The number of hydrogen-bond donors (Lipinski definition) is 2. The smallest absolute Gasteiger partial charge is 0.433 e. The lowest BCUT2D eigenvalue weighted by Crippen LogP contribution is -2.12. The normalized spacial score (nSPS) is 16.7. The Balaban J connectivity index is 2.51. The number of nitrogens with one attached hydrogen (secondary N) is 1. The fourth-order valence-electron chi connectivity index (χ4n) is 1.43. The molecule has 0 saturated heterocycles. The summed E-state index contributed by atoms with van der Waals surface area (Å²) in [5.41, 5.74) is -1.98. The number of aromatic nitrogens is 2. The molecule has 2 rings (SSSR count). The predicted molar refractivity (Wildman–Crippen MR) is 42.5 cm³/mol. The molecule has 4 nitrogen and oxygen atoms in total. The maximum absolute atomic E-state index is 12.4. The first-order valence-corrected chi connectivity index (χ1v) is 4.30. The highest BCUT2D eigenvalue weighted by atomic mass is 19.4. The third-order valence-electron chi connectivity index (χ3n) is 2.26. The van der Waals surface area contributed by atoms with E-state index in [0.29, 0.717) is 12.8 Å². The molecule has 1 saturated carbocycles. The standard InChI is InChI=1S/C8H7F3N2O2/c9-8(10,11)6-4(7(14)15)5(12-13-6)3-1-2-3/h3H,1-2H2,(H,12,13)(H,14,15). The van der Waals surface area contributed by atoms with Crippen molar-refractivity contribution in [2.45, 2.75) is 24.9 Å². The molecule has 1 aromatic heterocycles. The summed E-state index contributed by atoms with van der Waals surface area (Å²) in [6, 6.07) is 0. The van der Waals surface area contributed by atoms with Gasteiger partial charge in [0.25, 0.3) is 0 Å². The van der Waals surface area contributed by atoms with Gasteiger partial charge in [0.2, 0.25) is 0 Å². The van der Waals surface area contributed by atoms with Gasteiger partial charge in [0, 0.05) is 5.92 Å². The Morgan fingerprint density at radius 1 is 1.47 bits per heavy atom. The van der Waals surface area contributed by atoms with Crippen LogP contribution in [0.4, 0.5) is 13.2 Å². The molecule has 15 heavy (non-hydrogen) atoms. The maximum atomic E-state index is 12.4. The quantitative estimate of drug-likeness (QED) is 0.801. The number of halogens is 3. The molecule has 0 bridgehead atoms. The molecular formula is C8H7F3N2O2. The Bertz CT molecular complexity index is 407. The summed E-state index contributed by atoms with van der Waals surface area (Å²) >= 11 is 0. The van der Waals surface area contributed by atoms with E-state index in [4.69, 9.17) is 5.11 Å². The Hall–Kier alpha value is -1.53. The first-order valence-electron chi connectivity index (χ1n) is 4.30. The zero-order valence-corrected chi connectivity index (χ0v) is 7.43. The predicted octanol–water partition coefficient (Wildman–Crippen LogP) is 2.00. The number of carbonyl (C=O) groups is 1. The van der Waals surface area contributed by atoms with Gasteiger partial charge in [-0.05, 0) is 12.8 Å². The van der Waals surface area contributed by atoms with Crippen molar-refractivity contribution in [3.05, 3.63) is 17.0 Å². The van der Waals surface area contributed by atoms with Gasteiger partial charge in [0.1, 0.15) is 5.56 Å². The average molecular weight is 220 g/mol. The van der Waals surface area contributed by atoms with Gasteiger partial charge in [-0.1, -0.05) is 0 Å². The van der Waals surface area contributed by atoms with Crippen molar-refractivity contribution in [3.8, 4) is 0 Å². The summed E-state index contributed by atoms with van der Waals surface area (Å²) < 4.78 is 37.1. The van der Waals surface area contributed by atoms with E-state index in [0.717, 1.165) is 0 Å². The second-order valence-electron chi connectivity index (χ2n) is 3.44. The van der Waals surface area contributed by atoms with Crippen LogP contribution in [0, 0.1) is 0 Å². The summed E-state index contributed by atoms with van der Waals surface area (Å²) in [7, 11) is 0. The Labute approximate surface area is 82.1 Å². The SMILES string of the molecule is O=C(O)c1c(C2CC2)n[nH]c1C(F)(F)F. The summed E-state index contributed by atoms with van der Waals surface area (Å²) in [5, 5.41) is 13.9. The molecular weight excluding hydrogens is 213 g/mol. The van der Waals surface area contributed by atoms with Crippen molar-refractivity contribution >= 4 is 5.97 Å². The number of carboxylic acids is 1. The highest BCUT2D eigenvalue weighted by molar-refractivity contribution is 5.90. The monoisotopic (exact) mass is 220 g/mol. The summed E-state index contributed by atoms with van der Waals surface area (Å²) in [6.07, 6.45) is -3.31. The van der Waals surface area contributed by atoms with Crippen molar-refractivity contribution in [2.75, 3.05) is 0 Å². The van der Waals surface area contributed by atoms with Gasteiger partial charge in [-0.15, -0.1) is 0 Å². The van der Waals surface area contributed by atoms with Gasteiger partial charge in [-0.25, -0.2) is 4.79 Å². The van der Waals surface area contributed by atoms with Gasteiger partial charge in [0.05, 0.1) is 5.69 Å². The zero-order valence-electron chi connectivity index (χ0n) is 7.43. The van der Waals surface area contributed by atoms with Gasteiger partial charge in [-0.2, -0.15) is 18.3 Å². The van der Waals surface area contributed by atoms with E-state index in [1.165, 1.54) is 0 Å². The van der Waals surface area contributed by atoms with E-state index in [-0.39, 0.29) is 11.6 Å². The highest BCUT2D eigenvalue weighted by Gasteiger charge is 2.42. The summed E-state index contributed by atoms with van der Waals surface area (Å²) in [6.45, 7) is 0. The van der Waals surface area contributed by atoms with Crippen molar-refractivity contribution < 1.29 is 23.1 Å². The van der Waals surface area contributed by atoms with Gasteiger partial charge in [-0.3, -0.25) is 5.10 Å². The average Bonchev–Trinajstić information content (AvgIpc) is 2.81. The summed E-state index contributed by atoms with van der Waals surface area (Å²) in [5.74, 6) is -1.72. The number of carboxylic acid groups (broad SMARTS) is 1. The molecule has 1 aliphatic rings. The lowest BCUT2D eigenvalue weighted by Gasteiger charge is -2.04. The lowest BCUT2D eigenvalue weighted by molar-refractivity contribution is -0.141. The molecule has 1 aliphatic carbocycles. The van der Waals surface area contributed by atoms with E-state index in [2.05, 4.69) is 5.10 Å². The zero-order chi connectivity index (χ0) is 11.2. The van der Waals surface area contributed by atoms with Gasteiger partial charge >= 0.3 is 12.1 Å². The largest absolute Gasteiger partial charge is 0.478 e. The first-order chi connectivity index (χ1) is 6.91. The lowest BCUT2D eigenvalue weighted by atomic mass is 10.1. The number of aromatic amines is 1. The Morgan fingerprint density at radius 3 is 2.47 bits per heavy atom. The van der Waals surface area contributed by atoms with E-state index in [1.807, 2.05) is 0 Å². The highest BCUT2D eigenvalue weighted by Crippen LogP contribution is 2.43. The molecule has 0 aromatic carbocycles. The van der Waals surface area contributed by atoms with E-state index >= 15 is 0 Å². The minimum Gasteiger partial charge on any atom is -0.478 e. The summed E-state index contributed by atoms with van der Waals surface area (Å²) in [4.78, 5) is 10.7. The second-order valence-corrected chi connectivity index (χ2v) is 3.44. The van der Waals surface area contributed by atoms with Gasteiger partial charge < -0.3 is 5.11 Å². The Kier molecular flexibility index (Phi) is 1.99. The molecule has 0 amide bonds. The van der Waals surface area contributed by atoms with Crippen molar-refractivity contribution in [2.24, 2.45) is 0 Å². The second kappa shape index (κ2) is 2.98. The third kappa shape index (κ3) is 1.69. The van der Waals surface area contributed by atoms with E-state index < -0.39 is 23.4 Å². The topological polar surface area (TPSA) is 66.0 Å². The molecule has 0 radical (unpaired) electrons. The third-order valence-corrected chi connectivity index (χ3v) is 2.26. The number of alkyl halides is 3. The number of aromatic carboxylic acids is 1. The van der Waals surface area contributed by atoms with Crippen LogP contribution in [-0.2, 0) is 6.18 Å². The molecule has 1 aromatic rings. The van der Waals surface area contributed by atoms with Crippen LogP contribution in [0.15, 0.2) is 0 Å². The number of hydrogen-bond acceptors (Lipinski definition) is 2. The Morgan fingerprint density at radius 2 is 2.07 bits per heavy atom.